The van der Waals surface area contributed by atoms with Crippen LogP contribution in [0.3, 0.4) is 0 Å². The van der Waals surface area contributed by atoms with Crippen molar-refractivity contribution in [2.24, 2.45) is 10.9 Å². The molecular formula is C31H41N6P. The monoisotopic (exact) mass is 528 g/mol. The standard InChI is InChI=1S/C31H41N6P/c1-7-22(4)31-36-28(19-30(37(31)6)35-21-24-11-10-14-33-20-24)26(12-15-32-9-3)13-16-34-27-17-25(8-2)23(5)29(38)18-27/h7-11,14,17-20,26,32,34,36H,1-3,12-13,15-16,21,38H2,4-6H3/b31-22-,35-30?. The maximum absolute atomic E-state index is 4.95. The van der Waals surface area contributed by atoms with E-state index in [1.807, 2.05) is 37.5 Å². The van der Waals surface area contributed by atoms with E-state index in [0.717, 1.165) is 65.7 Å². The predicted octanol–water partition coefficient (Wildman–Crippen LogP) is 5.51. The van der Waals surface area contributed by atoms with Crippen molar-refractivity contribution in [1.29, 1.82) is 0 Å². The van der Waals surface area contributed by atoms with Gasteiger partial charge in [-0.15, -0.1) is 9.24 Å². The molecule has 2 heterocycles. The summed E-state index contributed by atoms with van der Waals surface area (Å²) < 4.78 is 0. The van der Waals surface area contributed by atoms with Crippen LogP contribution < -0.4 is 21.3 Å². The quantitative estimate of drug-likeness (QED) is 0.236. The fraction of sp³-hybridized carbons (Fsp3) is 0.290. The summed E-state index contributed by atoms with van der Waals surface area (Å²) in [6, 6.07) is 8.32. The summed E-state index contributed by atoms with van der Waals surface area (Å²) in [6.07, 6.45) is 13.3. The average Bonchev–Trinajstić information content (AvgIpc) is 2.93. The van der Waals surface area contributed by atoms with E-state index in [0.29, 0.717) is 6.54 Å². The van der Waals surface area contributed by atoms with Gasteiger partial charge >= 0.3 is 0 Å². The number of aromatic nitrogens is 1. The number of nitrogens with one attached hydrogen (secondary N) is 3. The molecule has 6 nitrogen and oxygen atoms in total. The summed E-state index contributed by atoms with van der Waals surface area (Å²) >= 11 is 0. The summed E-state index contributed by atoms with van der Waals surface area (Å²) in [5.74, 6) is 2.19. The molecule has 2 atom stereocenters. The van der Waals surface area contributed by atoms with Gasteiger partial charge in [-0.05, 0) is 78.7 Å². The van der Waals surface area contributed by atoms with Gasteiger partial charge in [0.25, 0.3) is 0 Å². The molecule has 7 heteroatoms. The first-order valence-electron chi connectivity index (χ1n) is 13.0. The maximum atomic E-state index is 4.95. The van der Waals surface area contributed by atoms with Crippen molar-refractivity contribution in [1.82, 2.24) is 20.5 Å². The van der Waals surface area contributed by atoms with Crippen LogP contribution in [0, 0.1) is 12.8 Å². The van der Waals surface area contributed by atoms with E-state index in [1.165, 1.54) is 10.9 Å². The second kappa shape index (κ2) is 14.3. The van der Waals surface area contributed by atoms with E-state index in [4.69, 9.17) is 4.99 Å². The van der Waals surface area contributed by atoms with Crippen LogP contribution in [0.4, 0.5) is 5.69 Å². The number of benzene rings is 1. The molecule has 1 aromatic carbocycles. The van der Waals surface area contributed by atoms with Crippen molar-refractivity contribution in [3.8, 4) is 0 Å². The molecule has 0 saturated heterocycles. The maximum Gasteiger partial charge on any atom is 0.130 e. The van der Waals surface area contributed by atoms with Crippen molar-refractivity contribution < 1.29 is 0 Å². The van der Waals surface area contributed by atoms with Gasteiger partial charge in [-0.25, -0.2) is 0 Å². The zero-order valence-corrected chi connectivity index (χ0v) is 24.1. The number of rotatable bonds is 13. The smallest absolute Gasteiger partial charge is 0.130 e. The van der Waals surface area contributed by atoms with Gasteiger partial charge in [0.2, 0.25) is 0 Å². The van der Waals surface area contributed by atoms with E-state index in [-0.39, 0.29) is 5.92 Å². The van der Waals surface area contributed by atoms with E-state index in [2.05, 4.69) is 86.9 Å². The highest BCUT2D eigenvalue weighted by atomic mass is 31.0. The minimum atomic E-state index is 0.277. The Kier molecular flexibility index (Phi) is 10.9. The number of hydrogen-bond donors (Lipinski definition) is 3. The molecule has 1 aliphatic rings. The Labute approximate surface area is 230 Å². The number of anilines is 1. The first kappa shape index (κ1) is 28.9. The van der Waals surface area contributed by atoms with Gasteiger partial charge in [-0.3, -0.25) is 9.98 Å². The van der Waals surface area contributed by atoms with Crippen LogP contribution in [-0.2, 0) is 6.54 Å². The van der Waals surface area contributed by atoms with Crippen LogP contribution in [0.1, 0.15) is 36.5 Å². The Hall–Kier alpha value is -3.63. The van der Waals surface area contributed by atoms with Crippen LogP contribution in [0.25, 0.3) is 6.08 Å². The zero-order valence-electron chi connectivity index (χ0n) is 22.9. The predicted molar refractivity (Wildman–Crippen MR) is 167 cm³/mol. The number of nitrogens with zero attached hydrogens (tertiary/aromatic N) is 3. The third kappa shape index (κ3) is 7.69. The molecule has 0 fully saturated rings. The number of likely N-dealkylation sites (N-methyl/N-ethyl adjacent to an activating group) is 1. The molecule has 200 valence electrons. The second-order valence-corrected chi connectivity index (χ2v) is 10.0. The molecule has 38 heavy (non-hydrogen) atoms. The Bertz CT molecular complexity index is 1230. The van der Waals surface area contributed by atoms with Gasteiger partial charge in [-0.1, -0.05) is 38.0 Å². The van der Waals surface area contributed by atoms with Crippen LogP contribution in [-0.4, -0.2) is 35.9 Å². The highest BCUT2D eigenvalue weighted by Gasteiger charge is 2.24. The Morgan fingerprint density at radius 1 is 1.24 bits per heavy atom. The van der Waals surface area contributed by atoms with Gasteiger partial charge in [0.15, 0.2) is 0 Å². The molecule has 1 aromatic heterocycles. The average molecular weight is 529 g/mol. The number of aliphatic imine (C=N–C) groups is 1. The van der Waals surface area contributed by atoms with E-state index >= 15 is 0 Å². The van der Waals surface area contributed by atoms with Gasteiger partial charge < -0.3 is 20.9 Å². The number of allylic oxidation sites excluding steroid dienone is 3. The van der Waals surface area contributed by atoms with Gasteiger partial charge in [0.05, 0.1) is 6.54 Å². The van der Waals surface area contributed by atoms with E-state index in [1.54, 1.807) is 12.4 Å². The van der Waals surface area contributed by atoms with Crippen LogP contribution >= 0.6 is 9.24 Å². The molecule has 0 aliphatic carbocycles. The molecule has 0 spiro atoms. The van der Waals surface area contributed by atoms with Gasteiger partial charge in [-0.2, -0.15) is 0 Å². The number of pyridine rings is 1. The molecule has 0 saturated carbocycles. The van der Waals surface area contributed by atoms with Crippen molar-refractivity contribution in [3.05, 3.63) is 109 Å². The topological polar surface area (TPSA) is 64.6 Å². The van der Waals surface area contributed by atoms with Crippen LogP contribution in [0.5, 0.6) is 0 Å². The molecule has 0 radical (unpaired) electrons. The second-order valence-electron chi connectivity index (χ2n) is 9.40. The fourth-order valence-electron chi connectivity index (χ4n) is 4.38. The molecule has 3 rings (SSSR count). The minimum absolute atomic E-state index is 0.277. The molecule has 0 amide bonds. The lowest BCUT2D eigenvalue weighted by Crippen LogP contribution is -2.41. The molecule has 0 bridgehead atoms. The highest BCUT2D eigenvalue weighted by Crippen LogP contribution is 2.25. The lowest BCUT2D eigenvalue weighted by Gasteiger charge is -2.34. The lowest BCUT2D eigenvalue weighted by atomic mass is 9.95. The van der Waals surface area contributed by atoms with Crippen LogP contribution in [0.2, 0.25) is 0 Å². The SMILES string of the molecule is C=CNCCC(CCNc1cc(P)c(C)c(C=C)c1)C1=CC(=NCc2cccnc2)N(C)/C(=C(/C)C=C)N1. The summed E-state index contributed by atoms with van der Waals surface area (Å²) in [5.41, 5.74) is 6.78. The largest absolute Gasteiger partial charge is 0.391 e. The molecule has 3 N–H and O–H groups in total. The molecular weight excluding hydrogens is 487 g/mol. The Morgan fingerprint density at radius 2 is 2.03 bits per heavy atom. The number of amidine groups is 1. The third-order valence-electron chi connectivity index (χ3n) is 6.80. The minimum Gasteiger partial charge on any atom is -0.391 e. The fourth-order valence-corrected chi connectivity index (χ4v) is 4.73. The van der Waals surface area contributed by atoms with Crippen molar-refractivity contribution in [2.45, 2.75) is 33.2 Å². The normalized spacial score (nSPS) is 16.3. The summed E-state index contributed by atoms with van der Waals surface area (Å²) in [4.78, 5) is 11.3. The first-order chi connectivity index (χ1) is 18.4. The Morgan fingerprint density at radius 3 is 2.71 bits per heavy atom. The van der Waals surface area contributed by atoms with Gasteiger partial charge in [0.1, 0.15) is 11.7 Å². The van der Waals surface area contributed by atoms with Gasteiger partial charge in [0, 0.05) is 55.9 Å². The van der Waals surface area contributed by atoms with Crippen molar-refractivity contribution in [2.75, 3.05) is 25.5 Å². The first-order valence-corrected chi connectivity index (χ1v) is 13.5. The summed E-state index contributed by atoms with van der Waals surface area (Å²) in [5, 5.41) is 11.8. The zero-order chi connectivity index (χ0) is 27.5. The molecule has 2 unspecified atom stereocenters. The molecule has 2 aromatic rings. The third-order valence-corrected chi connectivity index (χ3v) is 7.40. The van der Waals surface area contributed by atoms with E-state index < -0.39 is 0 Å². The van der Waals surface area contributed by atoms with Crippen molar-refractivity contribution >= 4 is 32.1 Å². The van der Waals surface area contributed by atoms with Crippen LogP contribution in [0.15, 0.2) is 96.8 Å². The van der Waals surface area contributed by atoms with Crippen molar-refractivity contribution in [3.63, 3.8) is 0 Å². The summed E-state index contributed by atoms with van der Waals surface area (Å²) in [6.45, 7) is 18.2. The lowest BCUT2D eigenvalue weighted by molar-refractivity contribution is 0.463. The molecule has 1 aliphatic heterocycles. The highest BCUT2D eigenvalue weighted by molar-refractivity contribution is 7.27. The van der Waals surface area contributed by atoms with E-state index in [9.17, 15) is 0 Å². The Balaban J connectivity index is 1.86. The number of hydrogen-bond acceptors (Lipinski definition) is 5. The summed E-state index contributed by atoms with van der Waals surface area (Å²) in [7, 11) is 4.86.